The normalized spacial score (nSPS) is 10.1. The minimum Gasteiger partial charge on any atom is -0.307 e. The number of urea groups is 1. The first-order chi connectivity index (χ1) is 9.58. The van der Waals surface area contributed by atoms with Gasteiger partial charge in [0.2, 0.25) is 0 Å². The highest BCUT2D eigenvalue weighted by atomic mass is 16.6. The maximum atomic E-state index is 11.7. The van der Waals surface area contributed by atoms with Crippen molar-refractivity contribution in [3.63, 3.8) is 0 Å². The maximum absolute atomic E-state index is 11.7. The summed E-state index contributed by atoms with van der Waals surface area (Å²) < 4.78 is 1.67. The van der Waals surface area contributed by atoms with Gasteiger partial charge in [0.25, 0.3) is 5.69 Å². The Hall–Kier alpha value is -2.90. The minimum atomic E-state index is -0.519. The molecule has 8 nitrogen and oxygen atoms in total. The van der Waals surface area contributed by atoms with E-state index in [1.807, 2.05) is 6.92 Å². The average molecular weight is 275 g/mol. The molecule has 2 N–H and O–H groups in total. The van der Waals surface area contributed by atoms with Crippen molar-refractivity contribution in [2.75, 3.05) is 10.6 Å². The molecule has 0 aliphatic rings. The number of hydrogen-bond donors (Lipinski definition) is 2. The number of benzene rings is 1. The van der Waals surface area contributed by atoms with E-state index >= 15 is 0 Å². The van der Waals surface area contributed by atoms with Crippen LogP contribution in [0.25, 0.3) is 0 Å². The van der Waals surface area contributed by atoms with Gasteiger partial charge in [0.05, 0.1) is 16.8 Å². The van der Waals surface area contributed by atoms with E-state index in [4.69, 9.17) is 0 Å². The van der Waals surface area contributed by atoms with Crippen molar-refractivity contribution in [1.82, 2.24) is 9.78 Å². The molecule has 1 aromatic carbocycles. The number of carbonyl (C=O) groups excluding carboxylic acids is 1. The predicted molar refractivity (Wildman–Crippen MR) is 73.6 cm³/mol. The van der Waals surface area contributed by atoms with E-state index in [9.17, 15) is 14.9 Å². The third-order valence-corrected chi connectivity index (χ3v) is 2.53. The number of nitrogens with one attached hydrogen (secondary N) is 2. The second kappa shape index (κ2) is 5.83. The minimum absolute atomic E-state index is 0.0818. The van der Waals surface area contributed by atoms with Gasteiger partial charge in [-0.2, -0.15) is 5.10 Å². The molecule has 8 heteroatoms. The van der Waals surface area contributed by atoms with Crippen molar-refractivity contribution in [2.24, 2.45) is 0 Å². The topological polar surface area (TPSA) is 102 Å². The first-order valence-corrected chi connectivity index (χ1v) is 5.93. The quantitative estimate of drug-likeness (QED) is 0.660. The molecule has 0 saturated heterocycles. The van der Waals surface area contributed by atoms with E-state index in [0.717, 1.165) is 0 Å². The lowest BCUT2D eigenvalue weighted by molar-refractivity contribution is -0.384. The third-order valence-electron chi connectivity index (χ3n) is 2.53. The molecule has 1 heterocycles. The van der Waals surface area contributed by atoms with Crippen LogP contribution in [0.5, 0.6) is 0 Å². The molecule has 0 radical (unpaired) electrons. The van der Waals surface area contributed by atoms with E-state index < -0.39 is 11.0 Å². The van der Waals surface area contributed by atoms with Crippen LogP contribution in [0.1, 0.15) is 6.92 Å². The van der Waals surface area contributed by atoms with E-state index in [1.165, 1.54) is 24.4 Å². The van der Waals surface area contributed by atoms with E-state index in [1.54, 1.807) is 16.9 Å². The Morgan fingerprint density at radius 2 is 2.15 bits per heavy atom. The summed E-state index contributed by atoms with van der Waals surface area (Å²) >= 11 is 0. The number of aryl methyl sites for hydroxylation is 1. The van der Waals surface area contributed by atoms with Gasteiger partial charge in [-0.25, -0.2) is 4.79 Å². The molecule has 0 fully saturated rings. The number of nitro groups is 1. The second-order valence-electron chi connectivity index (χ2n) is 3.97. The first-order valence-electron chi connectivity index (χ1n) is 5.93. The Morgan fingerprint density at radius 3 is 2.80 bits per heavy atom. The van der Waals surface area contributed by atoms with E-state index in [-0.39, 0.29) is 5.69 Å². The fourth-order valence-corrected chi connectivity index (χ4v) is 1.59. The number of carbonyl (C=O) groups is 1. The van der Waals surface area contributed by atoms with Crippen molar-refractivity contribution >= 4 is 23.1 Å². The lowest BCUT2D eigenvalue weighted by atomic mass is 10.3. The van der Waals surface area contributed by atoms with Crippen LogP contribution in [0.4, 0.5) is 21.9 Å². The van der Waals surface area contributed by atoms with Gasteiger partial charge in [-0.3, -0.25) is 14.8 Å². The molecule has 2 aromatic rings. The predicted octanol–water partition coefficient (Wildman–Crippen LogP) is 2.46. The van der Waals surface area contributed by atoms with Crippen LogP contribution in [-0.2, 0) is 6.54 Å². The Balaban J connectivity index is 2.00. The number of nitrogens with zero attached hydrogens (tertiary/aromatic N) is 3. The Morgan fingerprint density at radius 1 is 1.40 bits per heavy atom. The van der Waals surface area contributed by atoms with Gasteiger partial charge in [0.1, 0.15) is 0 Å². The van der Waals surface area contributed by atoms with Crippen LogP contribution >= 0.6 is 0 Å². The summed E-state index contributed by atoms with van der Waals surface area (Å²) in [5.41, 5.74) is 0.816. The average Bonchev–Trinajstić information content (AvgIpc) is 2.86. The number of amides is 2. The zero-order chi connectivity index (χ0) is 14.5. The van der Waals surface area contributed by atoms with Crippen molar-refractivity contribution in [1.29, 1.82) is 0 Å². The summed E-state index contributed by atoms with van der Waals surface area (Å²) in [6.07, 6.45) is 3.21. The third kappa shape index (κ3) is 3.31. The lowest BCUT2D eigenvalue weighted by Gasteiger charge is -2.05. The second-order valence-corrected chi connectivity index (χ2v) is 3.97. The smallest absolute Gasteiger partial charge is 0.307 e. The van der Waals surface area contributed by atoms with Crippen molar-refractivity contribution < 1.29 is 9.72 Å². The highest BCUT2D eigenvalue weighted by molar-refractivity contribution is 5.99. The molecule has 2 rings (SSSR count). The number of non-ortho nitro benzene ring substituents is 1. The summed E-state index contributed by atoms with van der Waals surface area (Å²) in [4.78, 5) is 21.8. The van der Waals surface area contributed by atoms with Crippen molar-refractivity contribution in [3.05, 3.63) is 46.8 Å². The molecule has 0 atom stereocenters. The van der Waals surface area contributed by atoms with Gasteiger partial charge in [-0.15, -0.1) is 0 Å². The molecule has 0 aliphatic heterocycles. The Bertz CT molecular complexity index is 638. The summed E-state index contributed by atoms with van der Waals surface area (Å²) in [5.74, 6) is 0. The molecule has 0 saturated carbocycles. The molecule has 104 valence electrons. The summed E-state index contributed by atoms with van der Waals surface area (Å²) in [6, 6.07) is 5.23. The van der Waals surface area contributed by atoms with E-state index in [0.29, 0.717) is 17.9 Å². The largest absolute Gasteiger partial charge is 0.323 e. The maximum Gasteiger partial charge on any atom is 0.323 e. The van der Waals surface area contributed by atoms with Gasteiger partial charge in [0, 0.05) is 30.6 Å². The van der Waals surface area contributed by atoms with Gasteiger partial charge >= 0.3 is 6.03 Å². The van der Waals surface area contributed by atoms with Crippen LogP contribution in [0.2, 0.25) is 0 Å². The van der Waals surface area contributed by atoms with Gasteiger partial charge < -0.3 is 10.6 Å². The number of nitro benzene ring substituents is 1. The van der Waals surface area contributed by atoms with Crippen molar-refractivity contribution in [2.45, 2.75) is 13.5 Å². The monoisotopic (exact) mass is 275 g/mol. The summed E-state index contributed by atoms with van der Waals surface area (Å²) in [6.45, 7) is 2.63. The molecular formula is C12H13N5O3. The molecule has 0 bridgehead atoms. The Labute approximate surface area is 114 Å². The van der Waals surface area contributed by atoms with Crippen molar-refractivity contribution in [3.8, 4) is 0 Å². The van der Waals surface area contributed by atoms with Gasteiger partial charge in [-0.05, 0) is 13.0 Å². The summed E-state index contributed by atoms with van der Waals surface area (Å²) in [7, 11) is 0. The van der Waals surface area contributed by atoms with Crippen LogP contribution in [0, 0.1) is 10.1 Å². The fraction of sp³-hybridized carbons (Fsp3) is 0.167. The molecule has 2 amide bonds. The molecule has 20 heavy (non-hydrogen) atoms. The van der Waals surface area contributed by atoms with Gasteiger partial charge in [0.15, 0.2) is 0 Å². The highest BCUT2D eigenvalue weighted by Crippen LogP contribution is 2.17. The number of rotatable bonds is 4. The number of anilines is 2. The molecule has 0 unspecified atom stereocenters. The van der Waals surface area contributed by atoms with Gasteiger partial charge in [-0.1, -0.05) is 6.07 Å². The number of hydrogen-bond acceptors (Lipinski definition) is 4. The molecule has 0 aliphatic carbocycles. The van der Waals surface area contributed by atoms with Crippen LogP contribution in [0.3, 0.4) is 0 Å². The zero-order valence-electron chi connectivity index (χ0n) is 10.7. The molecular weight excluding hydrogens is 262 g/mol. The van der Waals surface area contributed by atoms with Crippen LogP contribution in [0.15, 0.2) is 36.7 Å². The number of aromatic nitrogens is 2. The highest BCUT2D eigenvalue weighted by Gasteiger charge is 2.08. The SMILES string of the molecule is CCn1cc(NC(=O)Nc2cccc([N+](=O)[O-])c2)cn1. The van der Waals surface area contributed by atoms with E-state index in [2.05, 4.69) is 15.7 Å². The fourth-order valence-electron chi connectivity index (χ4n) is 1.59. The summed E-state index contributed by atoms with van der Waals surface area (Å²) in [5, 5.41) is 19.8. The lowest BCUT2D eigenvalue weighted by Crippen LogP contribution is -2.19. The molecule has 0 spiro atoms. The zero-order valence-corrected chi connectivity index (χ0v) is 10.7. The molecule has 1 aromatic heterocycles. The Kier molecular flexibility index (Phi) is 3.94. The van der Waals surface area contributed by atoms with Crippen LogP contribution in [-0.4, -0.2) is 20.7 Å². The standard InChI is InChI=1S/C12H13N5O3/c1-2-16-8-10(7-13-16)15-12(18)14-9-4-3-5-11(6-9)17(19)20/h3-8H,2H2,1H3,(H2,14,15,18). The van der Waals surface area contributed by atoms with Crippen LogP contribution < -0.4 is 10.6 Å². The first kappa shape index (κ1) is 13.5.